The minimum absolute atomic E-state index is 0.0315. The van der Waals surface area contributed by atoms with Gasteiger partial charge in [0.25, 0.3) is 0 Å². The van der Waals surface area contributed by atoms with Crippen LogP contribution in [-0.2, 0) is 13.0 Å². The zero-order valence-corrected chi connectivity index (χ0v) is 15.7. The summed E-state index contributed by atoms with van der Waals surface area (Å²) < 4.78 is 5.93. The maximum absolute atomic E-state index is 10.2. The number of halogens is 1. The zero-order valence-electron chi connectivity index (χ0n) is 13.3. The van der Waals surface area contributed by atoms with Crippen LogP contribution in [0.25, 0.3) is 0 Å². The third kappa shape index (κ3) is 3.18. The standard InChI is InChI=1S/C17H16BrN3O2S/c1-21-4-3-12-13(7-19)17(24-15(12)9-21)20-8-10-5-11(18)6-14(23-2)16(10)22/h5-6,8,22H,3-4,9H2,1-2H3/b20-8+. The van der Waals surface area contributed by atoms with Crippen molar-refractivity contribution >= 4 is 38.5 Å². The summed E-state index contributed by atoms with van der Waals surface area (Å²) in [5.41, 5.74) is 2.30. The molecule has 3 rings (SSSR count). The molecular formula is C17H16BrN3O2S. The number of benzene rings is 1. The normalized spacial score (nSPS) is 14.6. The monoisotopic (exact) mass is 405 g/mol. The molecule has 0 radical (unpaired) electrons. The van der Waals surface area contributed by atoms with Crippen LogP contribution in [0.5, 0.6) is 11.5 Å². The van der Waals surface area contributed by atoms with Crippen LogP contribution >= 0.6 is 27.3 Å². The number of aromatic hydroxyl groups is 1. The number of rotatable bonds is 3. The lowest BCUT2D eigenvalue weighted by Crippen LogP contribution is -2.25. The lowest BCUT2D eigenvalue weighted by molar-refractivity contribution is 0.317. The first-order valence-corrected chi connectivity index (χ1v) is 8.98. The van der Waals surface area contributed by atoms with Crippen LogP contribution in [0.1, 0.15) is 21.6 Å². The number of hydrogen-bond acceptors (Lipinski definition) is 6. The van der Waals surface area contributed by atoms with Crippen molar-refractivity contribution in [3.63, 3.8) is 0 Å². The van der Waals surface area contributed by atoms with E-state index in [1.165, 1.54) is 12.0 Å². The molecule has 2 heterocycles. The predicted molar refractivity (Wildman–Crippen MR) is 98.7 cm³/mol. The van der Waals surface area contributed by atoms with Crippen LogP contribution in [0.4, 0.5) is 5.00 Å². The average Bonchev–Trinajstić information content (AvgIpc) is 2.91. The molecule has 2 aromatic rings. The van der Waals surface area contributed by atoms with Crippen molar-refractivity contribution in [1.29, 1.82) is 5.26 Å². The molecule has 0 saturated carbocycles. The van der Waals surface area contributed by atoms with Crippen LogP contribution in [0.2, 0.25) is 0 Å². The second-order valence-electron chi connectivity index (χ2n) is 5.59. The SMILES string of the molecule is COc1cc(Br)cc(/C=N/c2sc3c(c2C#N)CCN(C)C3)c1O. The van der Waals surface area contributed by atoms with E-state index in [-0.39, 0.29) is 5.75 Å². The molecule has 0 atom stereocenters. The summed E-state index contributed by atoms with van der Waals surface area (Å²) in [6.07, 6.45) is 2.45. The number of ether oxygens (including phenoxy) is 1. The largest absolute Gasteiger partial charge is 0.504 e. The van der Waals surface area contributed by atoms with Crippen molar-refractivity contribution in [2.45, 2.75) is 13.0 Å². The van der Waals surface area contributed by atoms with Crippen LogP contribution in [-0.4, -0.2) is 36.9 Å². The number of hydrogen-bond donors (Lipinski definition) is 1. The second kappa shape index (κ2) is 6.93. The van der Waals surface area contributed by atoms with Gasteiger partial charge in [0.1, 0.15) is 11.1 Å². The smallest absolute Gasteiger partial charge is 0.166 e. The van der Waals surface area contributed by atoms with E-state index in [0.717, 1.165) is 29.5 Å². The van der Waals surface area contributed by atoms with Crippen LogP contribution in [0, 0.1) is 11.3 Å². The molecule has 1 aromatic carbocycles. The van der Waals surface area contributed by atoms with Crippen molar-refractivity contribution in [3.8, 4) is 17.6 Å². The number of nitriles is 1. The summed E-state index contributed by atoms with van der Waals surface area (Å²) in [6.45, 7) is 1.80. The van der Waals surface area contributed by atoms with Crippen molar-refractivity contribution < 1.29 is 9.84 Å². The number of nitrogens with zero attached hydrogens (tertiary/aromatic N) is 3. The quantitative estimate of drug-likeness (QED) is 0.787. The Morgan fingerprint density at radius 2 is 2.29 bits per heavy atom. The third-order valence-electron chi connectivity index (χ3n) is 3.95. The van der Waals surface area contributed by atoms with E-state index in [9.17, 15) is 10.4 Å². The molecule has 24 heavy (non-hydrogen) atoms. The molecule has 1 N–H and O–H groups in total. The molecule has 0 bridgehead atoms. The fourth-order valence-electron chi connectivity index (χ4n) is 2.70. The lowest BCUT2D eigenvalue weighted by atomic mass is 10.0. The van der Waals surface area contributed by atoms with Gasteiger partial charge < -0.3 is 14.7 Å². The molecule has 0 fully saturated rings. The predicted octanol–water partition coefficient (Wildman–Crippen LogP) is 3.83. The molecule has 0 saturated heterocycles. The number of phenols is 1. The Morgan fingerprint density at radius 3 is 3.00 bits per heavy atom. The highest BCUT2D eigenvalue weighted by Gasteiger charge is 2.22. The molecule has 0 amide bonds. The Morgan fingerprint density at radius 1 is 1.50 bits per heavy atom. The first kappa shape index (κ1) is 17.0. The van der Waals surface area contributed by atoms with E-state index in [4.69, 9.17) is 4.74 Å². The maximum Gasteiger partial charge on any atom is 0.166 e. The van der Waals surface area contributed by atoms with Gasteiger partial charge in [0, 0.05) is 34.2 Å². The highest BCUT2D eigenvalue weighted by Crippen LogP contribution is 2.39. The molecule has 1 aliphatic rings. The molecule has 0 spiro atoms. The molecule has 5 nitrogen and oxygen atoms in total. The average molecular weight is 406 g/mol. The first-order chi connectivity index (χ1) is 11.5. The Kier molecular flexibility index (Phi) is 4.90. The Bertz CT molecular complexity index is 854. The second-order valence-corrected chi connectivity index (χ2v) is 7.59. The van der Waals surface area contributed by atoms with Gasteiger partial charge >= 0.3 is 0 Å². The number of likely N-dealkylation sites (N-methyl/N-ethyl adjacent to an activating group) is 1. The van der Waals surface area contributed by atoms with Gasteiger partial charge in [-0.05, 0) is 31.2 Å². The molecule has 1 aliphatic heterocycles. The number of thiophene rings is 1. The molecule has 1 aromatic heterocycles. The Hall–Kier alpha value is -1.88. The summed E-state index contributed by atoms with van der Waals surface area (Å²) in [5, 5.41) is 20.4. The topological polar surface area (TPSA) is 68.8 Å². The maximum atomic E-state index is 10.2. The zero-order chi connectivity index (χ0) is 17.3. The molecule has 0 unspecified atom stereocenters. The third-order valence-corrected chi connectivity index (χ3v) is 5.53. The van der Waals surface area contributed by atoms with Gasteiger partial charge in [0.05, 0.1) is 12.7 Å². The summed E-state index contributed by atoms with van der Waals surface area (Å²) in [6, 6.07) is 5.73. The number of fused-ring (bicyclic) bond motifs is 1. The van der Waals surface area contributed by atoms with E-state index in [1.807, 2.05) is 0 Å². The van der Waals surface area contributed by atoms with Crippen molar-refractivity contribution in [1.82, 2.24) is 4.90 Å². The highest BCUT2D eigenvalue weighted by molar-refractivity contribution is 9.10. The summed E-state index contributed by atoms with van der Waals surface area (Å²) in [7, 11) is 3.57. The fourth-order valence-corrected chi connectivity index (χ4v) is 4.38. The summed E-state index contributed by atoms with van der Waals surface area (Å²) in [5.74, 6) is 0.405. The fraction of sp³-hybridized carbons (Fsp3) is 0.294. The van der Waals surface area contributed by atoms with E-state index in [2.05, 4.69) is 38.9 Å². The summed E-state index contributed by atoms with van der Waals surface area (Å²) in [4.78, 5) is 7.90. The van der Waals surface area contributed by atoms with Crippen molar-refractivity contribution in [3.05, 3.63) is 38.2 Å². The highest BCUT2D eigenvalue weighted by atomic mass is 79.9. The molecule has 7 heteroatoms. The minimum atomic E-state index is 0.0315. The molecular weight excluding hydrogens is 390 g/mol. The van der Waals surface area contributed by atoms with Gasteiger partial charge in [-0.3, -0.25) is 0 Å². The number of phenolic OH excluding ortho intramolecular Hbond substituents is 1. The van der Waals surface area contributed by atoms with E-state index in [0.29, 0.717) is 21.9 Å². The number of aliphatic imine (C=N–C) groups is 1. The number of methoxy groups -OCH3 is 1. The lowest BCUT2D eigenvalue weighted by Gasteiger charge is -2.21. The van der Waals surface area contributed by atoms with Gasteiger partial charge in [0.2, 0.25) is 0 Å². The Labute approximate surface area is 153 Å². The van der Waals surface area contributed by atoms with Crippen molar-refractivity contribution in [2.24, 2.45) is 4.99 Å². The molecule has 124 valence electrons. The van der Waals surface area contributed by atoms with Gasteiger partial charge in [0.15, 0.2) is 11.5 Å². The van der Waals surface area contributed by atoms with E-state index < -0.39 is 0 Å². The first-order valence-electron chi connectivity index (χ1n) is 7.37. The van der Waals surface area contributed by atoms with Crippen LogP contribution in [0.15, 0.2) is 21.6 Å². The van der Waals surface area contributed by atoms with Crippen LogP contribution < -0.4 is 4.74 Å². The van der Waals surface area contributed by atoms with Gasteiger partial charge in [-0.25, -0.2) is 4.99 Å². The Balaban J connectivity index is 1.99. The van der Waals surface area contributed by atoms with Crippen molar-refractivity contribution in [2.75, 3.05) is 20.7 Å². The van der Waals surface area contributed by atoms with Crippen LogP contribution in [0.3, 0.4) is 0 Å². The molecule has 0 aliphatic carbocycles. The van der Waals surface area contributed by atoms with E-state index >= 15 is 0 Å². The minimum Gasteiger partial charge on any atom is -0.504 e. The van der Waals surface area contributed by atoms with Gasteiger partial charge in [-0.2, -0.15) is 5.26 Å². The van der Waals surface area contributed by atoms with E-state index in [1.54, 1.807) is 29.7 Å². The van der Waals surface area contributed by atoms with Gasteiger partial charge in [-0.1, -0.05) is 15.9 Å². The summed E-state index contributed by atoms with van der Waals surface area (Å²) >= 11 is 4.93. The van der Waals surface area contributed by atoms with Gasteiger partial charge in [-0.15, -0.1) is 11.3 Å².